The molecule has 0 unspecified atom stereocenters. The fourth-order valence-corrected chi connectivity index (χ4v) is 2.91. The molecule has 0 aliphatic carbocycles. The topological polar surface area (TPSA) is 76.7 Å². The van der Waals surface area contributed by atoms with Gasteiger partial charge >= 0.3 is 0 Å². The van der Waals surface area contributed by atoms with Gasteiger partial charge in [-0.05, 0) is 32.3 Å². The quantitative estimate of drug-likeness (QED) is 0.779. The van der Waals surface area contributed by atoms with E-state index in [1.807, 2.05) is 6.92 Å². The molecule has 6 nitrogen and oxygen atoms in total. The first-order valence-corrected chi connectivity index (χ1v) is 7.89. The van der Waals surface area contributed by atoms with Gasteiger partial charge in [0, 0.05) is 0 Å². The monoisotopic (exact) mass is 315 g/mol. The van der Waals surface area contributed by atoms with Crippen molar-refractivity contribution in [1.82, 2.24) is 25.2 Å². The van der Waals surface area contributed by atoms with E-state index in [1.165, 1.54) is 22.5 Å². The minimum Gasteiger partial charge on any atom is -0.390 e. The molecule has 7 heteroatoms. The van der Waals surface area contributed by atoms with E-state index in [0.29, 0.717) is 10.8 Å². The second kappa shape index (κ2) is 6.33. The highest BCUT2D eigenvalue weighted by Crippen LogP contribution is 2.18. The lowest BCUT2D eigenvalue weighted by Gasteiger charge is -2.05. The lowest BCUT2D eigenvalue weighted by Crippen LogP contribution is -2.05. The maximum absolute atomic E-state index is 9.47. The van der Waals surface area contributed by atoms with E-state index in [9.17, 15) is 5.11 Å². The van der Waals surface area contributed by atoms with Gasteiger partial charge in [-0.25, -0.2) is 0 Å². The van der Waals surface area contributed by atoms with Crippen LogP contribution in [0, 0.1) is 13.8 Å². The highest BCUT2D eigenvalue weighted by atomic mass is 32.1. The Morgan fingerprint density at radius 2 is 1.82 bits per heavy atom. The molecule has 0 bridgehead atoms. The number of aromatic nitrogens is 5. The summed E-state index contributed by atoms with van der Waals surface area (Å²) in [6, 6.07) is 8.45. The zero-order valence-corrected chi connectivity index (χ0v) is 13.3. The Labute approximate surface area is 132 Å². The summed E-state index contributed by atoms with van der Waals surface area (Å²) in [6.07, 6.45) is 1.60. The molecule has 0 saturated heterocycles. The van der Waals surface area contributed by atoms with Crippen LogP contribution >= 0.6 is 11.3 Å². The van der Waals surface area contributed by atoms with Crippen LogP contribution in [-0.4, -0.2) is 30.3 Å². The zero-order chi connectivity index (χ0) is 15.5. The largest absolute Gasteiger partial charge is 0.390 e. The molecule has 0 fully saturated rings. The average molecular weight is 315 g/mol. The van der Waals surface area contributed by atoms with Gasteiger partial charge in [-0.1, -0.05) is 46.4 Å². The minimum atomic E-state index is -0.124. The van der Waals surface area contributed by atoms with Gasteiger partial charge in [-0.15, -0.1) is 15.3 Å². The first-order chi connectivity index (χ1) is 10.7. The maximum Gasteiger partial charge on any atom is 0.234 e. The number of hydrogen-bond donors (Lipinski definition) is 1. The Hall–Kier alpha value is -2.12. The Morgan fingerprint density at radius 1 is 1.05 bits per heavy atom. The molecule has 2 heterocycles. The van der Waals surface area contributed by atoms with Crippen LogP contribution in [-0.2, 0) is 19.4 Å². The van der Waals surface area contributed by atoms with Crippen LogP contribution in [0.25, 0.3) is 5.13 Å². The van der Waals surface area contributed by atoms with Gasteiger partial charge in [0.25, 0.3) is 0 Å². The van der Waals surface area contributed by atoms with Gasteiger partial charge in [-0.3, -0.25) is 0 Å². The van der Waals surface area contributed by atoms with E-state index < -0.39 is 0 Å². The van der Waals surface area contributed by atoms with Crippen molar-refractivity contribution in [2.75, 3.05) is 0 Å². The van der Waals surface area contributed by atoms with Gasteiger partial charge in [0.1, 0.15) is 10.7 Å². The summed E-state index contributed by atoms with van der Waals surface area (Å²) >= 11 is 1.46. The molecule has 3 aromatic rings. The van der Waals surface area contributed by atoms with Crippen LogP contribution in [0.4, 0.5) is 0 Å². The molecule has 3 rings (SSSR count). The lowest BCUT2D eigenvalue weighted by atomic mass is 10.1. The SMILES string of the molecule is Cc1ccc(CCc2c(CO)nnn2-c2nnc(C)s2)cc1. The molecule has 0 amide bonds. The Kier molecular flexibility index (Phi) is 4.26. The van der Waals surface area contributed by atoms with Crippen molar-refractivity contribution in [2.24, 2.45) is 0 Å². The maximum atomic E-state index is 9.47. The molecular weight excluding hydrogens is 298 g/mol. The summed E-state index contributed by atoms with van der Waals surface area (Å²) in [6.45, 7) is 3.85. The van der Waals surface area contributed by atoms with Crippen LogP contribution in [0.15, 0.2) is 24.3 Å². The summed E-state index contributed by atoms with van der Waals surface area (Å²) in [5.41, 5.74) is 3.98. The fraction of sp³-hybridized carbons (Fsp3) is 0.333. The highest BCUT2D eigenvalue weighted by Gasteiger charge is 2.16. The first-order valence-electron chi connectivity index (χ1n) is 7.07. The minimum absolute atomic E-state index is 0.124. The van der Waals surface area contributed by atoms with Crippen LogP contribution in [0.1, 0.15) is 27.5 Å². The van der Waals surface area contributed by atoms with E-state index in [1.54, 1.807) is 4.68 Å². The molecular formula is C15H17N5OS. The molecule has 22 heavy (non-hydrogen) atoms. The van der Waals surface area contributed by atoms with E-state index >= 15 is 0 Å². The summed E-state index contributed by atoms with van der Waals surface area (Å²) in [4.78, 5) is 0. The molecule has 0 aliphatic rings. The number of nitrogens with zero attached hydrogens (tertiary/aromatic N) is 5. The molecule has 0 saturated carbocycles. The number of rotatable bonds is 5. The summed E-state index contributed by atoms with van der Waals surface area (Å²) in [7, 11) is 0. The van der Waals surface area contributed by atoms with Crippen molar-refractivity contribution in [3.63, 3.8) is 0 Å². The Bertz CT molecular complexity index is 763. The summed E-state index contributed by atoms with van der Waals surface area (Å²) < 4.78 is 1.68. The van der Waals surface area contributed by atoms with Crippen molar-refractivity contribution in [3.8, 4) is 5.13 Å². The van der Waals surface area contributed by atoms with Crippen LogP contribution in [0.2, 0.25) is 0 Å². The van der Waals surface area contributed by atoms with Crippen molar-refractivity contribution in [1.29, 1.82) is 0 Å². The summed E-state index contributed by atoms with van der Waals surface area (Å²) in [5, 5.41) is 27.3. The third-order valence-corrected chi connectivity index (χ3v) is 4.28. The molecule has 0 spiro atoms. The highest BCUT2D eigenvalue weighted by molar-refractivity contribution is 7.13. The van der Waals surface area contributed by atoms with E-state index in [-0.39, 0.29) is 6.61 Å². The van der Waals surface area contributed by atoms with E-state index in [4.69, 9.17) is 0 Å². The van der Waals surface area contributed by atoms with Gasteiger partial charge in [0.15, 0.2) is 0 Å². The van der Waals surface area contributed by atoms with Crippen LogP contribution in [0.3, 0.4) is 0 Å². The van der Waals surface area contributed by atoms with Gasteiger partial charge < -0.3 is 5.11 Å². The normalized spacial score (nSPS) is 11.0. The van der Waals surface area contributed by atoms with Crippen molar-refractivity contribution >= 4 is 11.3 Å². The number of aryl methyl sites for hydroxylation is 3. The van der Waals surface area contributed by atoms with E-state index in [2.05, 4.69) is 51.7 Å². The van der Waals surface area contributed by atoms with Crippen molar-refractivity contribution in [2.45, 2.75) is 33.3 Å². The average Bonchev–Trinajstić information content (AvgIpc) is 3.12. The smallest absolute Gasteiger partial charge is 0.234 e. The second-order valence-electron chi connectivity index (χ2n) is 5.14. The third-order valence-electron chi connectivity index (χ3n) is 3.46. The fourth-order valence-electron chi connectivity index (χ4n) is 2.25. The first kappa shape index (κ1) is 14.8. The van der Waals surface area contributed by atoms with Crippen LogP contribution in [0.5, 0.6) is 0 Å². The molecule has 0 radical (unpaired) electrons. The predicted octanol–water partition coefficient (Wildman–Crippen LogP) is 2.01. The molecule has 2 aromatic heterocycles. The molecule has 1 N–H and O–H groups in total. The molecule has 0 aliphatic heterocycles. The van der Waals surface area contributed by atoms with Gasteiger partial charge in [0.05, 0.1) is 12.3 Å². The molecule has 0 atom stereocenters. The Balaban J connectivity index is 1.85. The number of aliphatic hydroxyl groups is 1. The molecule has 114 valence electrons. The van der Waals surface area contributed by atoms with Crippen molar-refractivity contribution < 1.29 is 5.11 Å². The van der Waals surface area contributed by atoms with E-state index in [0.717, 1.165) is 23.5 Å². The van der Waals surface area contributed by atoms with Gasteiger partial charge in [-0.2, -0.15) is 4.68 Å². The summed E-state index contributed by atoms with van der Waals surface area (Å²) in [5.74, 6) is 0. The van der Waals surface area contributed by atoms with Gasteiger partial charge in [0.2, 0.25) is 5.13 Å². The number of benzene rings is 1. The molecule has 1 aromatic carbocycles. The standard InChI is InChI=1S/C15H17N5OS/c1-10-3-5-12(6-4-10)7-8-14-13(9-21)17-19-20(14)15-18-16-11(2)22-15/h3-6,21H,7-9H2,1-2H3. The third kappa shape index (κ3) is 3.05. The number of aliphatic hydroxyl groups excluding tert-OH is 1. The lowest BCUT2D eigenvalue weighted by molar-refractivity contribution is 0.275. The number of hydrogen-bond acceptors (Lipinski definition) is 6. The Morgan fingerprint density at radius 3 is 2.45 bits per heavy atom. The van der Waals surface area contributed by atoms with Crippen molar-refractivity contribution in [3.05, 3.63) is 51.8 Å². The second-order valence-corrected chi connectivity index (χ2v) is 6.30. The predicted molar refractivity (Wildman–Crippen MR) is 84.1 cm³/mol. The van der Waals surface area contributed by atoms with Crippen LogP contribution < -0.4 is 0 Å². The zero-order valence-electron chi connectivity index (χ0n) is 12.5.